The first-order valence-corrected chi connectivity index (χ1v) is 4.77. The number of carbonyl (C=O) groups excluding carboxylic acids is 1. The van der Waals surface area contributed by atoms with E-state index in [1.165, 1.54) is 6.08 Å². The highest BCUT2D eigenvalue weighted by Crippen LogP contribution is 2.11. The zero-order valence-electron chi connectivity index (χ0n) is 9.17. The van der Waals surface area contributed by atoms with E-state index in [0.29, 0.717) is 0 Å². The van der Waals surface area contributed by atoms with Crippen molar-refractivity contribution in [3.63, 3.8) is 0 Å². The van der Waals surface area contributed by atoms with E-state index in [4.69, 9.17) is 9.52 Å². The lowest BCUT2D eigenvalue weighted by molar-refractivity contribution is 0.0690. The minimum absolute atomic E-state index is 0.0878. The van der Waals surface area contributed by atoms with Crippen LogP contribution in [0.25, 0.3) is 0 Å². The number of nitrogens with zero attached hydrogens (tertiary/aromatic N) is 1. The van der Waals surface area contributed by atoms with Gasteiger partial charge in [0.1, 0.15) is 18.9 Å². The molecule has 7 heteroatoms. The number of hydrogen-bond donors (Lipinski definition) is 2. The van der Waals surface area contributed by atoms with Crippen molar-refractivity contribution in [3.8, 4) is 0 Å². The number of nitrogens with one attached hydrogen (secondary N) is 1. The summed E-state index contributed by atoms with van der Waals surface area (Å²) in [4.78, 5) is 25.4. The molecule has 1 atom stereocenters. The number of carboxylic acid groups (broad SMARTS) is 1. The first-order chi connectivity index (χ1) is 8.04. The maximum atomic E-state index is 11.2. The highest BCUT2D eigenvalue weighted by molar-refractivity contribution is 5.84. The van der Waals surface area contributed by atoms with Crippen LogP contribution < -0.4 is 5.32 Å². The van der Waals surface area contributed by atoms with Crippen LogP contribution in [0.2, 0.25) is 0 Å². The zero-order valence-corrected chi connectivity index (χ0v) is 9.17. The normalized spacial score (nSPS) is 11.6. The lowest BCUT2D eigenvalue weighted by atomic mass is 10.3. The molecule has 0 radical (unpaired) electrons. The minimum Gasteiger partial charge on any atom is -0.476 e. The van der Waals surface area contributed by atoms with Gasteiger partial charge >= 0.3 is 12.1 Å². The van der Waals surface area contributed by atoms with Gasteiger partial charge in [-0.3, -0.25) is 0 Å². The number of carbonyl (C=O) groups is 2. The second-order valence-electron chi connectivity index (χ2n) is 3.13. The van der Waals surface area contributed by atoms with Gasteiger partial charge in [-0.05, 0) is 6.92 Å². The fourth-order valence-corrected chi connectivity index (χ4v) is 1.000. The molecular formula is C10H12N2O5. The molecule has 1 aromatic heterocycles. The van der Waals surface area contributed by atoms with Gasteiger partial charge in [0.25, 0.3) is 0 Å². The summed E-state index contributed by atoms with van der Waals surface area (Å²) in [5, 5.41) is 11.1. The summed E-state index contributed by atoms with van der Waals surface area (Å²) in [5.74, 6) is -1.10. The Hall–Kier alpha value is -2.31. The number of aromatic nitrogens is 1. The van der Waals surface area contributed by atoms with Gasteiger partial charge in [0.2, 0.25) is 5.89 Å². The monoisotopic (exact) mass is 240 g/mol. The molecule has 0 aliphatic carbocycles. The molecule has 0 aliphatic rings. The van der Waals surface area contributed by atoms with Crippen LogP contribution >= 0.6 is 0 Å². The third-order valence-corrected chi connectivity index (χ3v) is 1.78. The molecule has 0 saturated heterocycles. The Bertz CT molecular complexity index is 426. The molecule has 92 valence electrons. The molecule has 0 saturated carbocycles. The summed E-state index contributed by atoms with van der Waals surface area (Å²) in [6.45, 7) is 5.07. The van der Waals surface area contributed by atoms with Crippen molar-refractivity contribution < 1.29 is 23.8 Å². The van der Waals surface area contributed by atoms with Crippen LogP contribution in [0.15, 0.2) is 23.3 Å². The van der Waals surface area contributed by atoms with E-state index in [2.05, 4.69) is 21.6 Å². The summed E-state index contributed by atoms with van der Waals surface area (Å²) < 4.78 is 9.59. The van der Waals surface area contributed by atoms with E-state index < -0.39 is 18.1 Å². The Labute approximate surface area is 97.1 Å². The SMILES string of the molecule is C=CCOC(=O)N[C@@H](C)c1nc(C(=O)O)co1. The molecule has 0 bridgehead atoms. The summed E-state index contributed by atoms with van der Waals surface area (Å²) in [7, 11) is 0. The number of ether oxygens (including phenoxy) is 1. The van der Waals surface area contributed by atoms with E-state index >= 15 is 0 Å². The standard InChI is InChI=1S/C10H12N2O5/c1-3-4-16-10(15)11-6(2)8-12-7(5-17-8)9(13)14/h3,5-6H,1,4H2,2H3,(H,11,15)(H,13,14)/t6-/m0/s1. The van der Waals surface area contributed by atoms with E-state index in [1.54, 1.807) is 6.92 Å². The van der Waals surface area contributed by atoms with Crippen molar-refractivity contribution in [1.29, 1.82) is 0 Å². The predicted molar refractivity (Wildman–Crippen MR) is 56.6 cm³/mol. The van der Waals surface area contributed by atoms with Gasteiger partial charge in [0.15, 0.2) is 5.69 Å². The fourth-order valence-electron chi connectivity index (χ4n) is 1.000. The highest BCUT2D eigenvalue weighted by Gasteiger charge is 2.17. The quantitative estimate of drug-likeness (QED) is 0.753. The molecule has 0 aliphatic heterocycles. The number of hydrogen-bond acceptors (Lipinski definition) is 5. The number of carboxylic acids is 1. The van der Waals surface area contributed by atoms with Gasteiger partial charge in [-0.25, -0.2) is 14.6 Å². The van der Waals surface area contributed by atoms with Gasteiger partial charge in [0, 0.05) is 0 Å². The van der Waals surface area contributed by atoms with Crippen LogP contribution in [-0.4, -0.2) is 28.8 Å². The molecular weight excluding hydrogens is 228 g/mol. The fraction of sp³-hybridized carbons (Fsp3) is 0.300. The third kappa shape index (κ3) is 3.63. The molecule has 7 nitrogen and oxygen atoms in total. The number of amides is 1. The first kappa shape index (κ1) is 12.8. The first-order valence-electron chi connectivity index (χ1n) is 4.77. The number of aromatic carboxylic acids is 1. The second-order valence-corrected chi connectivity index (χ2v) is 3.13. The topological polar surface area (TPSA) is 102 Å². The lowest BCUT2D eigenvalue weighted by Crippen LogP contribution is -2.27. The third-order valence-electron chi connectivity index (χ3n) is 1.78. The van der Waals surface area contributed by atoms with Crippen LogP contribution in [0.5, 0.6) is 0 Å². The van der Waals surface area contributed by atoms with Crippen molar-refractivity contribution in [1.82, 2.24) is 10.3 Å². The van der Waals surface area contributed by atoms with E-state index in [0.717, 1.165) is 6.26 Å². The Morgan fingerprint density at radius 2 is 2.47 bits per heavy atom. The van der Waals surface area contributed by atoms with E-state index in [-0.39, 0.29) is 18.2 Å². The molecule has 1 amide bonds. The molecule has 1 heterocycles. The van der Waals surface area contributed by atoms with Gasteiger partial charge < -0.3 is 19.6 Å². The van der Waals surface area contributed by atoms with Crippen LogP contribution in [0, 0.1) is 0 Å². The Balaban J connectivity index is 2.56. The summed E-state index contributed by atoms with van der Waals surface area (Å²) in [6, 6.07) is -0.583. The lowest BCUT2D eigenvalue weighted by Gasteiger charge is -2.09. The van der Waals surface area contributed by atoms with Crippen molar-refractivity contribution in [2.24, 2.45) is 0 Å². The Morgan fingerprint density at radius 1 is 1.76 bits per heavy atom. The molecule has 0 spiro atoms. The van der Waals surface area contributed by atoms with E-state index in [1.807, 2.05) is 0 Å². The molecule has 0 fully saturated rings. The number of oxazole rings is 1. The van der Waals surface area contributed by atoms with Crippen molar-refractivity contribution in [2.75, 3.05) is 6.61 Å². The van der Waals surface area contributed by atoms with Crippen LogP contribution in [0.1, 0.15) is 29.3 Å². The van der Waals surface area contributed by atoms with Crippen molar-refractivity contribution >= 4 is 12.1 Å². The maximum Gasteiger partial charge on any atom is 0.408 e. The van der Waals surface area contributed by atoms with Crippen LogP contribution in [-0.2, 0) is 4.74 Å². The van der Waals surface area contributed by atoms with E-state index in [9.17, 15) is 9.59 Å². The summed E-state index contributed by atoms with van der Waals surface area (Å²) in [6.07, 6.45) is 1.77. The van der Waals surface area contributed by atoms with Gasteiger partial charge in [-0.2, -0.15) is 0 Å². The predicted octanol–water partition coefficient (Wildman–Crippen LogP) is 1.35. The van der Waals surface area contributed by atoms with Crippen molar-refractivity contribution in [3.05, 3.63) is 30.5 Å². The van der Waals surface area contributed by atoms with Gasteiger partial charge in [-0.1, -0.05) is 12.7 Å². The molecule has 17 heavy (non-hydrogen) atoms. The molecule has 2 N–H and O–H groups in total. The molecule has 0 unspecified atom stereocenters. The van der Waals surface area contributed by atoms with Gasteiger partial charge in [0.05, 0.1) is 0 Å². The maximum absolute atomic E-state index is 11.2. The van der Waals surface area contributed by atoms with Crippen molar-refractivity contribution in [2.45, 2.75) is 13.0 Å². The molecule has 0 aromatic carbocycles. The average molecular weight is 240 g/mol. The Morgan fingerprint density at radius 3 is 3.00 bits per heavy atom. The second kappa shape index (κ2) is 5.69. The zero-order chi connectivity index (χ0) is 12.8. The van der Waals surface area contributed by atoms with Gasteiger partial charge in [-0.15, -0.1) is 0 Å². The van der Waals surface area contributed by atoms with Crippen LogP contribution in [0.4, 0.5) is 4.79 Å². The average Bonchev–Trinajstić information content (AvgIpc) is 2.75. The summed E-state index contributed by atoms with van der Waals surface area (Å²) in [5.41, 5.74) is -0.215. The Kier molecular flexibility index (Phi) is 4.27. The van der Waals surface area contributed by atoms with Crippen LogP contribution in [0.3, 0.4) is 0 Å². The smallest absolute Gasteiger partial charge is 0.408 e. The largest absolute Gasteiger partial charge is 0.476 e. The highest BCUT2D eigenvalue weighted by atomic mass is 16.5. The number of rotatable bonds is 5. The summed E-state index contributed by atoms with van der Waals surface area (Å²) >= 11 is 0. The molecule has 1 aromatic rings. The molecule has 1 rings (SSSR count). The number of alkyl carbamates (subject to hydrolysis) is 1. The minimum atomic E-state index is -1.19.